The van der Waals surface area contributed by atoms with Crippen LogP contribution in [0.15, 0.2) is 24.3 Å². The Kier molecular flexibility index (Phi) is 3.44. The third-order valence-corrected chi connectivity index (χ3v) is 2.34. The second-order valence-corrected chi connectivity index (χ2v) is 3.22. The molecule has 14 heavy (non-hydrogen) atoms. The molecule has 0 heterocycles. The van der Waals surface area contributed by atoms with Crippen molar-refractivity contribution in [2.24, 2.45) is 0 Å². The molecule has 1 aliphatic rings. The molecule has 0 saturated heterocycles. The van der Waals surface area contributed by atoms with E-state index in [0.717, 1.165) is 0 Å². The van der Waals surface area contributed by atoms with Crippen LogP contribution in [0.25, 0.3) is 0 Å². The van der Waals surface area contributed by atoms with E-state index in [1.54, 1.807) is 31.4 Å². The van der Waals surface area contributed by atoms with Crippen LogP contribution in [-0.4, -0.2) is 37.3 Å². The topological polar surface area (TPSA) is 53.5 Å². The maximum atomic E-state index is 9.81. The van der Waals surface area contributed by atoms with Crippen molar-refractivity contribution in [2.45, 2.75) is 18.4 Å². The summed E-state index contributed by atoms with van der Waals surface area (Å²) in [4.78, 5) is 0. The lowest BCUT2D eigenvalue weighted by Gasteiger charge is -2.33. The van der Waals surface area contributed by atoms with Crippen molar-refractivity contribution < 1.29 is 9.84 Å². The molecule has 0 unspecified atom stereocenters. The average molecular weight is 198 g/mol. The first-order valence-electron chi connectivity index (χ1n) is 4.74. The summed E-state index contributed by atoms with van der Waals surface area (Å²) >= 11 is 0. The highest BCUT2D eigenvalue weighted by Gasteiger charge is 2.30. The third-order valence-electron chi connectivity index (χ3n) is 2.34. The molecule has 0 spiro atoms. The van der Waals surface area contributed by atoms with Gasteiger partial charge < -0.3 is 9.84 Å². The zero-order valence-electron chi connectivity index (χ0n) is 8.87. The molecule has 1 rings (SSSR count). The Bertz CT molecular complexity index is 235. The average Bonchev–Trinajstić information content (AvgIpc) is 2.23. The molecule has 0 radical (unpaired) electrons. The van der Waals surface area contributed by atoms with Crippen molar-refractivity contribution in [3.63, 3.8) is 0 Å². The van der Waals surface area contributed by atoms with Gasteiger partial charge in [-0.15, -0.1) is 0 Å². The summed E-state index contributed by atoms with van der Waals surface area (Å²) in [5.74, 6) is 0. The number of rotatable bonds is 4. The Balaban J connectivity index is 2.79. The Hall–Kier alpha value is -0.680. The fourth-order valence-electron chi connectivity index (χ4n) is 1.35. The Morgan fingerprint density at radius 1 is 1.14 bits per heavy atom. The standard InChI is InChI=1S/C10H18N2O2/c1-4-14-10(12-3)7-5-9(13,11-2)6-8-10/h5-8,11-13H,4H2,1-3H3. The highest BCUT2D eigenvalue weighted by molar-refractivity contribution is 5.27. The number of nitrogens with one attached hydrogen (secondary N) is 2. The molecule has 0 fully saturated rings. The molecule has 0 bridgehead atoms. The second kappa shape index (κ2) is 4.23. The van der Waals surface area contributed by atoms with E-state index in [4.69, 9.17) is 4.74 Å². The monoisotopic (exact) mass is 198 g/mol. The number of likely N-dealkylation sites (N-methyl/N-ethyl adjacent to an activating group) is 2. The summed E-state index contributed by atoms with van der Waals surface area (Å²) in [6.45, 7) is 2.53. The van der Waals surface area contributed by atoms with Crippen LogP contribution in [0.2, 0.25) is 0 Å². The normalized spacial score (nSPS) is 36.3. The maximum absolute atomic E-state index is 9.81. The molecular weight excluding hydrogens is 180 g/mol. The largest absolute Gasteiger partial charge is 0.369 e. The van der Waals surface area contributed by atoms with Gasteiger partial charge in [0.05, 0.1) is 0 Å². The van der Waals surface area contributed by atoms with Crippen molar-refractivity contribution in [1.29, 1.82) is 0 Å². The lowest BCUT2D eigenvalue weighted by molar-refractivity contribution is 0.00766. The molecule has 0 aromatic carbocycles. The van der Waals surface area contributed by atoms with Gasteiger partial charge in [-0.05, 0) is 45.3 Å². The van der Waals surface area contributed by atoms with Gasteiger partial charge in [0.1, 0.15) is 0 Å². The zero-order chi connectivity index (χ0) is 10.7. The molecule has 4 nitrogen and oxygen atoms in total. The van der Waals surface area contributed by atoms with Gasteiger partial charge in [0.2, 0.25) is 0 Å². The molecule has 0 aliphatic heterocycles. The van der Waals surface area contributed by atoms with E-state index in [1.807, 2.05) is 14.0 Å². The van der Waals surface area contributed by atoms with Gasteiger partial charge in [-0.3, -0.25) is 10.6 Å². The summed E-state index contributed by atoms with van der Waals surface area (Å²) in [5.41, 5.74) is -1.64. The second-order valence-electron chi connectivity index (χ2n) is 3.22. The minimum Gasteiger partial charge on any atom is -0.369 e. The summed E-state index contributed by atoms with van der Waals surface area (Å²) in [7, 11) is 3.51. The van der Waals surface area contributed by atoms with Crippen LogP contribution < -0.4 is 10.6 Å². The van der Waals surface area contributed by atoms with Gasteiger partial charge in [0, 0.05) is 6.61 Å². The van der Waals surface area contributed by atoms with Gasteiger partial charge in [-0.25, -0.2) is 0 Å². The first kappa shape index (κ1) is 11.4. The van der Waals surface area contributed by atoms with Crippen LogP contribution in [0.5, 0.6) is 0 Å². The smallest absolute Gasteiger partial charge is 0.157 e. The molecule has 0 aromatic heterocycles. The van der Waals surface area contributed by atoms with Crippen LogP contribution in [0.3, 0.4) is 0 Å². The van der Waals surface area contributed by atoms with Gasteiger partial charge in [-0.2, -0.15) is 0 Å². The quantitative estimate of drug-likeness (QED) is 0.439. The summed E-state index contributed by atoms with van der Waals surface area (Å²) < 4.78 is 5.53. The summed E-state index contributed by atoms with van der Waals surface area (Å²) in [6, 6.07) is 0. The molecular formula is C10H18N2O2. The van der Waals surface area contributed by atoms with E-state index in [1.165, 1.54) is 0 Å². The molecule has 80 valence electrons. The fourth-order valence-corrected chi connectivity index (χ4v) is 1.35. The fraction of sp³-hybridized carbons (Fsp3) is 0.600. The van der Waals surface area contributed by atoms with Crippen molar-refractivity contribution in [1.82, 2.24) is 10.6 Å². The van der Waals surface area contributed by atoms with E-state index in [-0.39, 0.29) is 0 Å². The van der Waals surface area contributed by atoms with E-state index in [0.29, 0.717) is 6.61 Å². The highest BCUT2D eigenvalue weighted by Crippen LogP contribution is 2.20. The molecule has 3 N–H and O–H groups in total. The van der Waals surface area contributed by atoms with Gasteiger partial charge in [-0.1, -0.05) is 0 Å². The number of ether oxygens (including phenoxy) is 1. The van der Waals surface area contributed by atoms with Crippen LogP contribution in [-0.2, 0) is 4.74 Å². The van der Waals surface area contributed by atoms with Crippen molar-refractivity contribution in [3.8, 4) is 0 Å². The number of hydrogen-bond donors (Lipinski definition) is 3. The third kappa shape index (κ3) is 2.22. The van der Waals surface area contributed by atoms with Crippen LogP contribution in [0.4, 0.5) is 0 Å². The zero-order valence-corrected chi connectivity index (χ0v) is 8.87. The molecule has 0 saturated carbocycles. The van der Waals surface area contributed by atoms with E-state index in [9.17, 15) is 5.11 Å². The lowest BCUT2D eigenvalue weighted by atomic mass is 10.0. The van der Waals surface area contributed by atoms with Crippen LogP contribution >= 0.6 is 0 Å². The van der Waals surface area contributed by atoms with Crippen LogP contribution in [0, 0.1) is 0 Å². The van der Waals surface area contributed by atoms with E-state index in [2.05, 4.69) is 10.6 Å². The van der Waals surface area contributed by atoms with Gasteiger partial charge in [0.25, 0.3) is 0 Å². The predicted molar refractivity (Wildman–Crippen MR) is 55.7 cm³/mol. The lowest BCUT2D eigenvalue weighted by Crippen LogP contribution is -2.48. The molecule has 1 aliphatic carbocycles. The summed E-state index contributed by atoms with van der Waals surface area (Å²) in [5, 5.41) is 15.6. The van der Waals surface area contributed by atoms with Crippen LogP contribution in [0.1, 0.15) is 6.92 Å². The van der Waals surface area contributed by atoms with Crippen molar-refractivity contribution in [3.05, 3.63) is 24.3 Å². The minimum atomic E-state index is -1.06. The van der Waals surface area contributed by atoms with Gasteiger partial charge in [0.15, 0.2) is 11.4 Å². The van der Waals surface area contributed by atoms with Gasteiger partial charge >= 0.3 is 0 Å². The van der Waals surface area contributed by atoms with E-state index >= 15 is 0 Å². The predicted octanol–water partition coefficient (Wildman–Crippen LogP) is -0.0274. The van der Waals surface area contributed by atoms with E-state index < -0.39 is 11.4 Å². The minimum absolute atomic E-state index is 0.585. The summed E-state index contributed by atoms with van der Waals surface area (Å²) in [6.07, 6.45) is 6.93. The first-order valence-corrected chi connectivity index (χ1v) is 4.74. The Morgan fingerprint density at radius 3 is 2.07 bits per heavy atom. The van der Waals surface area contributed by atoms with Crippen molar-refractivity contribution >= 4 is 0 Å². The molecule has 0 atom stereocenters. The Labute approximate surface area is 84.6 Å². The number of aliphatic hydroxyl groups is 1. The highest BCUT2D eigenvalue weighted by atomic mass is 16.5. The molecule has 0 aromatic rings. The maximum Gasteiger partial charge on any atom is 0.157 e. The SMILES string of the molecule is CCOC1(NC)C=CC(O)(NC)C=C1. The van der Waals surface area contributed by atoms with Crippen molar-refractivity contribution in [2.75, 3.05) is 20.7 Å². The first-order chi connectivity index (χ1) is 6.60. The molecule has 4 heteroatoms. The number of hydrogen-bond acceptors (Lipinski definition) is 4. The Morgan fingerprint density at radius 2 is 1.71 bits per heavy atom. The molecule has 0 amide bonds.